The largest absolute Gasteiger partial charge is 0.329 e. The first kappa shape index (κ1) is 16.9. The molecule has 0 bridgehead atoms. The minimum absolute atomic E-state index is 0.0229. The van der Waals surface area contributed by atoms with E-state index in [1.807, 2.05) is 12.1 Å². The maximum Gasteiger partial charge on any atom is 0.173 e. The molecule has 1 aliphatic rings. The van der Waals surface area contributed by atoms with E-state index in [-0.39, 0.29) is 11.9 Å². The highest BCUT2D eigenvalue weighted by Crippen LogP contribution is 2.48. The molecule has 4 heteroatoms. The van der Waals surface area contributed by atoms with E-state index < -0.39 is 0 Å². The molecule has 0 saturated heterocycles. The lowest BCUT2D eigenvalue weighted by Gasteiger charge is -2.19. The van der Waals surface area contributed by atoms with Crippen molar-refractivity contribution in [2.24, 2.45) is 5.11 Å². The van der Waals surface area contributed by atoms with Gasteiger partial charge in [-0.05, 0) is 46.5 Å². The number of hydrogen-bond acceptors (Lipinski definition) is 2. The molecule has 4 nitrogen and oxygen atoms in total. The molecule has 0 aliphatic heterocycles. The molecule has 1 heterocycles. The van der Waals surface area contributed by atoms with E-state index in [9.17, 15) is 0 Å². The Kier molecular flexibility index (Phi) is 3.50. The van der Waals surface area contributed by atoms with Crippen molar-refractivity contribution in [1.29, 1.82) is 10.9 Å². The van der Waals surface area contributed by atoms with Gasteiger partial charge in [-0.2, -0.15) is 0 Å². The number of fused-ring (bicyclic) bond motifs is 6. The van der Waals surface area contributed by atoms with Gasteiger partial charge in [0.15, 0.2) is 5.84 Å². The average molecular weight is 386 g/mol. The van der Waals surface area contributed by atoms with Gasteiger partial charge in [0.25, 0.3) is 0 Å². The van der Waals surface area contributed by atoms with Crippen molar-refractivity contribution in [2.45, 2.75) is 6.04 Å². The number of hydrogen-bond donors (Lipinski definition) is 2. The zero-order valence-electron chi connectivity index (χ0n) is 16.1. The van der Waals surface area contributed by atoms with Gasteiger partial charge in [0, 0.05) is 21.9 Å². The second-order valence-electron chi connectivity index (χ2n) is 7.66. The van der Waals surface area contributed by atoms with Crippen LogP contribution in [0.3, 0.4) is 0 Å². The Labute approximate surface area is 173 Å². The minimum atomic E-state index is -0.0229. The van der Waals surface area contributed by atoms with Gasteiger partial charge in [-0.3, -0.25) is 5.41 Å². The van der Waals surface area contributed by atoms with Crippen molar-refractivity contribution >= 4 is 27.6 Å². The summed E-state index contributed by atoms with van der Waals surface area (Å²) >= 11 is 0. The molecule has 0 radical (unpaired) electrons. The van der Waals surface area contributed by atoms with Crippen LogP contribution < -0.4 is 0 Å². The Morgan fingerprint density at radius 1 is 0.700 bits per heavy atom. The van der Waals surface area contributed by atoms with E-state index in [1.165, 1.54) is 22.3 Å². The molecular formula is C26H18N4. The fourth-order valence-corrected chi connectivity index (χ4v) is 4.90. The zero-order chi connectivity index (χ0) is 20.2. The molecule has 0 atom stereocenters. The summed E-state index contributed by atoms with van der Waals surface area (Å²) in [5, 5.41) is 13.5. The molecule has 0 spiro atoms. The summed E-state index contributed by atoms with van der Waals surface area (Å²) in [4.78, 5) is 0. The Morgan fingerprint density at radius 3 is 2.00 bits per heavy atom. The quantitative estimate of drug-likeness (QED) is 0.187. The van der Waals surface area contributed by atoms with Gasteiger partial charge in [-0.15, -0.1) is 5.11 Å². The summed E-state index contributed by atoms with van der Waals surface area (Å²) in [6.45, 7) is 0. The highest BCUT2D eigenvalue weighted by atomic mass is 15.0. The van der Waals surface area contributed by atoms with Gasteiger partial charge in [-0.1, -0.05) is 66.7 Å². The molecule has 5 aromatic rings. The van der Waals surface area contributed by atoms with E-state index in [1.54, 1.807) is 0 Å². The molecule has 1 aliphatic carbocycles. The van der Waals surface area contributed by atoms with Crippen molar-refractivity contribution in [1.82, 2.24) is 4.57 Å². The molecule has 0 saturated carbocycles. The average Bonchev–Trinajstić information content (AvgIpc) is 3.30. The van der Waals surface area contributed by atoms with Gasteiger partial charge >= 0.3 is 0 Å². The molecule has 0 unspecified atom stereocenters. The zero-order valence-corrected chi connectivity index (χ0v) is 16.1. The maximum absolute atomic E-state index is 7.97. The third-order valence-electron chi connectivity index (χ3n) is 6.15. The maximum atomic E-state index is 7.97. The van der Waals surface area contributed by atoms with E-state index in [0.29, 0.717) is 5.56 Å². The summed E-state index contributed by atoms with van der Waals surface area (Å²) in [6, 6.07) is 31.8. The highest BCUT2D eigenvalue weighted by Gasteiger charge is 2.31. The molecule has 0 fully saturated rings. The molecule has 0 amide bonds. The van der Waals surface area contributed by atoms with Crippen LogP contribution >= 0.6 is 0 Å². The lowest BCUT2D eigenvalue weighted by molar-refractivity contribution is 0.746. The van der Waals surface area contributed by atoms with E-state index >= 15 is 0 Å². The van der Waals surface area contributed by atoms with Crippen molar-refractivity contribution in [3.05, 3.63) is 108 Å². The van der Waals surface area contributed by atoms with E-state index in [4.69, 9.17) is 10.9 Å². The number of nitrogens with zero attached hydrogens (tertiary/aromatic N) is 2. The summed E-state index contributed by atoms with van der Waals surface area (Å²) in [6.07, 6.45) is 0. The summed E-state index contributed by atoms with van der Waals surface area (Å²) in [7, 11) is 0. The van der Waals surface area contributed by atoms with Gasteiger partial charge in [-0.25, -0.2) is 5.53 Å². The third-order valence-corrected chi connectivity index (χ3v) is 6.15. The Balaban J connectivity index is 1.73. The first-order valence-electron chi connectivity index (χ1n) is 9.95. The van der Waals surface area contributed by atoms with Gasteiger partial charge in [0.05, 0.1) is 11.6 Å². The number of aromatic nitrogens is 1. The molecule has 4 aromatic carbocycles. The molecular weight excluding hydrogens is 368 g/mol. The molecule has 1 aromatic heterocycles. The Bertz CT molecular complexity index is 1450. The van der Waals surface area contributed by atoms with Gasteiger partial charge in [0.1, 0.15) is 0 Å². The van der Waals surface area contributed by atoms with Crippen molar-refractivity contribution in [3.63, 3.8) is 0 Å². The predicted octanol–water partition coefficient (Wildman–Crippen LogP) is 6.77. The number of nitrogens with one attached hydrogen (secondary N) is 2. The fourth-order valence-electron chi connectivity index (χ4n) is 4.90. The number of benzene rings is 4. The topological polar surface area (TPSA) is 65.0 Å². The second-order valence-corrected chi connectivity index (χ2v) is 7.66. The highest BCUT2D eigenvalue weighted by molar-refractivity contribution is 6.11. The number of para-hydroxylation sites is 1. The Hall–Kier alpha value is -4.05. The van der Waals surface area contributed by atoms with Crippen molar-refractivity contribution in [2.75, 3.05) is 0 Å². The molecule has 6 rings (SSSR count). The standard InChI is InChI=1S/C26H18N4/c27-26(29-28)16-13-14-24-22(15-16)19-9-5-6-12-23(19)30(24)25-20-10-3-1-7-17(20)18-8-2-4-11-21(18)25/h1-15,25,27-28H. The van der Waals surface area contributed by atoms with E-state index in [2.05, 4.69) is 88.5 Å². The van der Waals surface area contributed by atoms with Crippen LogP contribution in [0.2, 0.25) is 0 Å². The lowest BCUT2D eigenvalue weighted by Crippen LogP contribution is -2.09. The molecule has 2 N–H and O–H groups in total. The monoisotopic (exact) mass is 386 g/mol. The van der Waals surface area contributed by atoms with Crippen LogP contribution in [-0.4, -0.2) is 10.4 Å². The second kappa shape index (κ2) is 6.22. The van der Waals surface area contributed by atoms with Crippen LogP contribution in [0.5, 0.6) is 0 Å². The summed E-state index contributed by atoms with van der Waals surface area (Å²) in [5.74, 6) is -0.0229. The van der Waals surface area contributed by atoms with Crippen LogP contribution in [0.4, 0.5) is 0 Å². The van der Waals surface area contributed by atoms with Crippen LogP contribution in [0.15, 0.2) is 96.1 Å². The van der Waals surface area contributed by atoms with Crippen LogP contribution in [-0.2, 0) is 0 Å². The smallest absolute Gasteiger partial charge is 0.173 e. The van der Waals surface area contributed by atoms with E-state index in [0.717, 1.165) is 21.8 Å². The SMILES string of the molecule is N=NC(=N)c1ccc2c(c1)c1ccccc1n2C1c2ccccc2-c2ccccc21. The van der Waals surface area contributed by atoms with Crippen molar-refractivity contribution < 1.29 is 0 Å². The lowest BCUT2D eigenvalue weighted by atomic mass is 10.0. The van der Waals surface area contributed by atoms with Crippen LogP contribution in [0.25, 0.3) is 32.9 Å². The van der Waals surface area contributed by atoms with Crippen molar-refractivity contribution in [3.8, 4) is 11.1 Å². The molecule has 30 heavy (non-hydrogen) atoms. The van der Waals surface area contributed by atoms with Gasteiger partial charge in [0.2, 0.25) is 0 Å². The minimum Gasteiger partial charge on any atom is -0.329 e. The normalized spacial score (nSPS) is 12.8. The van der Waals surface area contributed by atoms with Gasteiger partial charge < -0.3 is 4.57 Å². The number of rotatable bonds is 2. The molecule has 142 valence electrons. The Morgan fingerprint density at radius 2 is 1.30 bits per heavy atom. The van der Waals surface area contributed by atoms with Crippen LogP contribution in [0, 0.1) is 10.9 Å². The first-order valence-corrected chi connectivity index (χ1v) is 9.95. The predicted molar refractivity (Wildman–Crippen MR) is 121 cm³/mol. The third kappa shape index (κ3) is 2.19. The first-order chi connectivity index (χ1) is 14.8. The van der Waals surface area contributed by atoms with Crippen LogP contribution in [0.1, 0.15) is 22.7 Å². The summed E-state index contributed by atoms with van der Waals surface area (Å²) in [5.41, 5.74) is 15.3. The number of amidine groups is 1. The fraction of sp³-hybridized carbons (Fsp3) is 0.0385. The summed E-state index contributed by atoms with van der Waals surface area (Å²) < 4.78 is 2.42.